The van der Waals surface area contributed by atoms with Crippen molar-refractivity contribution in [3.05, 3.63) is 60.3 Å². The van der Waals surface area contributed by atoms with Gasteiger partial charge in [-0.15, -0.1) is 0 Å². The summed E-state index contributed by atoms with van der Waals surface area (Å²) in [6.45, 7) is 0. The molecule has 0 bridgehead atoms. The van der Waals surface area contributed by atoms with Gasteiger partial charge in [-0.3, -0.25) is 0 Å². The molecule has 0 saturated heterocycles. The second-order valence-electron chi connectivity index (χ2n) is 5.32. The van der Waals surface area contributed by atoms with E-state index in [1.54, 1.807) is 14.2 Å². The summed E-state index contributed by atoms with van der Waals surface area (Å²) in [5, 5.41) is 0.906. The van der Waals surface area contributed by atoms with Crippen LogP contribution in [0.2, 0.25) is 0 Å². The Bertz CT molecular complexity index is 854. The second kappa shape index (κ2) is 6.66. The molecule has 0 amide bonds. The van der Waals surface area contributed by atoms with E-state index in [0.717, 1.165) is 16.5 Å². The molecule has 1 heterocycles. The van der Waals surface area contributed by atoms with Crippen molar-refractivity contribution in [1.29, 1.82) is 0 Å². The van der Waals surface area contributed by atoms with Gasteiger partial charge in [-0.05, 0) is 11.6 Å². The molecule has 0 radical (unpaired) electrons. The Morgan fingerprint density at radius 3 is 2.38 bits per heavy atom. The highest BCUT2D eigenvalue weighted by molar-refractivity contribution is 5.90. The van der Waals surface area contributed by atoms with Crippen molar-refractivity contribution in [1.82, 2.24) is 4.57 Å². The summed E-state index contributed by atoms with van der Waals surface area (Å²) >= 11 is 0. The van der Waals surface area contributed by atoms with E-state index < -0.39 is 6.04 Å². The van der Waals surface area contributed by atoms with E-state index in [4.69, 9.17) is 14.2 Å². The lowest BCUT2D eigenvalue weighted by molar-refractivity contribution is -0.143. The molecule has 0 spiro atoms. The molecule has 0 N–H and O–H groups in total. The fourth-order valence-electron chi connectivity index (χ4n) is 2.87. The van der Waals surface area contributed by atoms with Gasteiger partial charge < -0.3 is 18.8 Å². The topological polar surface area (TPSA) is 49.7 Å². The first-order valence-electron chi connectivity index (χ1n) is 7.55. The lowest BCUT2D eigenvalue weighted by atomic mass is 10.1. The Morgan fingerprint density at radius 2 is 1.75 bits per heavy atom. The summed E-state index contributed by atoms with van der Waals surface area (Å²) < 4.78 is 17.7. The lowest BCUT2D eigenvalue weighted by Gasteiger charge is -2.19. The maximum absolute atomic E-state index is 12.5. The number of hydrogen-bond acceptors (Lipinski definition) is 4. The van der Waals surface area contributed by atoms with E-state index in [1.807, 2.05) is 59.3 Å². The molecule has 0 aliphatic rings. The smallest absolute Gasteiger partial charge is 0.333 e. The quantitative estimate of drug-likeness (QED) is 0.675. The van der Waals surface area contributed by atoms with Gasteiger partial charge in [0.05, 0.1) is 26.8 Å². The zero-order chi connectivity index (χ0) is 17.1. The third-order valence-electron chi connectivity index (χ3n) is 4.05. The number of nitrogens with zero attached hydrogens (tertiary/aromatic N) is 1. The van der Waals surface area contributed by atoms with E-state index in [1.165, 1.54) is 7.11 Å². The Morgan fingerprint density at radius 1 is 1.00 bits per heavy atom. The van der Waals surface area contributed by atoms with Crippen LogP contribution in [0, 0.1) is 0 Å². The third kappa shape index (κ3) is 2.69. The molecular formula is C19H19NO4. The second-order valence-corrected chi connectivity index (χ2v) is 5.32. The van der Waals surface area contributed by atoms with Crippen molar-refractivity contribution >= 4 is 16.9 Å². The van der Waals surface area contributed by atoms with Crippen molar-refractivity contribution in [2.24, 2.45) is 0 Å². The summed E-state index contributed by atoms with van der Waals surface area (Å²) in [6.07, 6.45) is 1.86. The first kappa shape index (κ1) is 15.9. The molecule has 5 nitrogen and oxygen atoms in total. The summed E-state index contributed by atoms with van der Waals surface area (Å²) in [5.74, 6) is 1.02. The van der Waals surface area contributed by atoms with Crippen LogP contribution in [-0.4, -0.2) is 31.9 Å². The van der Waals surface area contributed by atoms with Gasteiger partial charge in [-0.1, -0.05) is 30.3 Å². The minimum absolute atomic E-state index is 0.333. The van der Waals surface area contributed by atoms with E-state index in [-0.39, 0.29) is 5.97 Å². The first-order valence-corrected chi connectivity index (χ1v) is 7.55. The fourth-order valence-corrected chi connectivity index (χ4v) is 2.87. The van der Waals surface area contributed by atoms with Crippen LogP contribution in [-0.2, 0) is 9.53 Å². The molecule has 2 aromatic carbocycles. The van der Waals surface area contributed by atoms with Crippen LogP contribution in [0.15, 0.2) is 54.7 Å². The van der Waals surface area contributed by atoms with Crippen molar-refractivity contribution in [3.63, 3.8) is 0 Å². The number of esters is 1. The summed E-state index contributed by atoms with van der Waals surface area (Å²) in [4.78, 5) is 12.5. The maximum Gasteiger partial charge on any atom is 0.333 e. The summed E-state index contributed by atoms with van der Waals surface area (Å²) in [6, 6.07) is 14.6. The predicted molar refractivity (Wildman–Crippen MR) is 91.6 cm³/mol. The number of fused-ring (bicyclic) bond motifs is 1. The molecule has 3 aromatic rings. The molecule has 124 valence electrons. The molecule has 24 heavy (non-hydrogen) atoms. The Hall–Kier alpha value is -2.95. The van der Waals surface area contributed by atoms with Crippen LogP contribution in [0.1, 0.15) is 11.6 Å². The normalized spacial score (nSPS) is 12.0. The summed E-state index contributed by atoms with van der Waals surface area (Å²) in [5.41, 5.74) is 1.69. The standard InChI is InChI=1S/C19H19NO4/c1-22-14-11-16-15(17(12-14)23-2)9-10-20(16)18(19(21)24-3)13-7-5-4-6-8-13/h4-12,18H,1-3H3. The van der Waals surface area contributed by atoms with E-state index in [9.17, 15) is 4.79 Å². The summed E-state index contributed by atoms with van der Waals surface area (Å²) in [7, 11) is 4.61. The SMILES string of the molecule is COC(=O)C(c1ccccc1)n1ccc2c(OC)cc(OC)cc21. The predicted octanol–water partition coefficient (Wildman–Crippen LogP) is 3.42. The maximum atomic E-state index is 12.5. The Kier molecular flexibility index (Phi) is 4.42. The Balaban J connectivity index is 2.23. The molecule has 3 rings (SSSR count). The average molecular weight is 325 g/mol. The van der Waals surface area contributed by atoms with Gasteiger partial charge in [0.2, 0.25) is 0 Å². The number of rotatable bonds is 5. The van der Waals surface area contributed by atoms with Crippen LogP contribution in [0.4, 0.5) is 0 Å². The zero-order valence-corrected chi connectivity index (χ0v) is 13.9. The first-order chi connectivity index (χ1) is 11.7. The van der Waals surface area contributed by atoms with Crippen LogP contribution in [0.3, 0.4) is 0 Å². The lowest BCUT2D eigenvalue weighted by Crippen LogP contribution is -2.21. The van der Waals surface area contributed by atoms with Crippen molar-refractivity contribution < 1.29 is 19.0 Å². The zero-order valence-electron chi connectivity index (χ0n) is 13.9. The van der Waals surface area contributed by atoms with Gasteiger partial charge in [0.15, 0.2) is 6.04 Å². The van der Waals surface area contributed by atoms with Gasteiger partial charge >= 0.3 is 5.97 Å². The molecule has 1 unspecified atom stereocenters. The van der Waals surface area contributed by atoms with Crippen molar-refractivity contribution in [2.45, 2.75) is 6.04 Å². The van der Waals surface area contributed by atoms with Gasteiger partial charge in [0, 0.05) is 23.7 Å². The molecule has 0 aliphatic carbocycles. The van der Waals surface area contributed by atoms with Gasteiger partial charge in [0.1, 0.15) is 11.5 Å². The molecule has 0 fully saturated rings. The van der Waals surface area contributed by atoms with E-state index in [2.05, 4.69) is 0 Å². The van der Waals surface area contributed by atoms with Crippen molar-refractivity contribution in [2.75, 3.05) is 21.3 Å². The number of ether oxygens (including phenoxy) is 3. The van der Waals surface area contributed by atoms with Crippen LogP contribution in [0.25, 0.3) is 10.9 Å². The number of hydrogen-bond donors (Lipinski definition) is 0. The van der Waals surface area contributed by atoms with Crippen LogP contribution >= 0.6 is 0 Å². The third-order valence-corrected chi connectivity index (χ3v) is 4.05. The number of carbonyl (C=O) groups excluding carboxylic acids is 1. The highest BCUT2D eigenvalue weighted by Crippen LogP contribution is 2.35. The number of methoxy groups -OCH3 is 3. The molecule has 0 saturated carbocycles. The fraction of sp³-hybridized carbons (Fsp3) is 0.211. The van der Waals surface area contributed by atoms with Crippen LogP contribution < -0.4 is 9.47 Å². The largest absolute Gasteiger partial charge is 0.497 e. The highest BCUT2D eigenvalue weighted by Gasteiger charge is 2.25. The number of benzene rings is 2. The van der Waals surface area contributed by atoms with E-state index in [0.29, 0.717) is 11.5 Å². The van der Waals surface area contributed by atoms with Crippen molar-refractivity contribution in [3.8, 4) is 11.5 Å². The van der Waals surface area contributed by atoms with Crippen LogP contribution in [0.5, 0.6) is 11.5 Å². The van der Waals surface area contributed by atoms with E-state index >= 15 is 0 Å². The monoisotopic (exact) mass is 325 g/mol. The molecule has 0 aliphatic heterocycles. The number of aromatic nitrogens is 1. The highest BCUT2D eigenvalue weighted by atomic mass is 16.5. The Labute approximate surface area is 140 Å². The average Bonchev–Trinajstić information content (AvgIpc) is 3.05. The molecule has 1 aromatic heterocycles. The van der Waals surface area contributed by atoms with Gasteiger partial charge in [0.25, 0.3) is 0 Å². The minimum Gasteiger partial charge on any atom is -0.497 e. The molecular weight excluding hydrogens is 306 g/mol. The minimum atomic E-state index is -0.578. The number of carbonyl (C=O) groups is 1. The molecule has 5 heteroatoms. The van der Waals surface area contributed by atoms with Gasteiger partial charge in [-0.2, -0.15) is 0 Å². The molecule has 1 atom stereocenters. The van der Waals surface area contributed by atoms with Gasteiger partial charge in [-0.25, -0.2) is 4.79 Å².